The third kappa shape index (κ3) is 2.57. The minimum Gasteiger partial charge on any atom is -0.503 e. The van der Waals surface area contributed by atoms with Gasteiger partial charge in [-0.25, -0.2) is 14.8 Å². The first-order valence-electron chi connectivity index (χ1n) is 7.91. The third-order valence-electron chi connectivity index (χ3n) is 3.96. The van der Waals surface area contributed by atoms with Crippen LogP contribution in [0.4, 0.5) is 0 Å². The van der Waals surface area contributed by atoms with Crippen molar-refractivity contribution in [3.8, 4) is 28.5 Å². The van der Waals surface area contributed by atoms with Crippen LogP contribution in [-0.2, 0) is 4.74 Å². The van der Waals surface area contributed by atoms with Crippen molar-refractivity contribution in [2.24, 2.45) is 0 Å². The Labute approximate surface area is 148 Å². The maximum Gasteiger partial charge on any atom is 0.360 e. The minimum absolute atomic E-state index is 0.0955. The van der Waals surface area contributed by atoms with Crippen LogP contribution >= 0.6 is 0 Å². The highest BCUT2D eigenvalue weighted by atomic mass is 16.5. The number of fused-ring (bicyclic) bond motifs is 1. The molecular formula is C20H14N2O4. The second-order valence-corrected chi connectivity index (χ2v) is 5.58. The summed E-state index contributed by atoms with van der Waals surface area (Å²) in [5, 5.41) is 10.5. The quantitative estimate of drug-likeness (QED) is 0.563. The highest BCUT2D eigenvalue weighted by molar-refractivity contribution is 6.01. The summed E-state index contributed by atoms with van der Waals surface area (Å²) in [4.78, 5) is 20.8. The lowest BCUT2D eigenvalue weighted by molar-refractivity contribution is 0.0590. The van der Waals surface area contributed by atoms with Gasteiger partial charge in [0.25, 0.3) is 0 Å². The van der Waals surface area contributed by atoms with Crippen LogP contribution in [0.5, 0.6) is 5.75 Å². The number of rotatable bonds is 3. The normalized spacial score (nSPS) is 10.8. The van der Waals surface area contributed by atoms with E-state index in [0.717, 1.165) is 11.1 Å². The first-order chi connectivity index (χ1) is 12.7. The summed E-state index contributed by atoms with van der Waals surface area (Å²) in [7, 11) is 1.23. The average molecular weight is 346 g/mol. The van der Waals surface area contributed by atoms with E-state index in [2.05, 4.69) is 9.97 Å². The molecule has 0 aliphatic rings. The van der Waals surface area contributed by atoms with Crippen molar-refractivity contribution in [2.45, 2.75) is 0 Å². The number of hydrogen-bond acceptors (Lipinski definition) is 6. The van der Waals surface area contributed by atoms with Gasteiger partial charge in [-0.05, 0) is 12.1 Å². The highest BCUT2D eigenvalue weighted by Gasteiger charge is 2.25. The Kier molecular flexibility index (Phi) is 3.85. The van der Waals surface area contributed by atoms with Crippen molar-refractivity contribution >= 4 is 17.1 Å². The summed E-state index contributed by atoms with van der Waals surface area (Å²) in [5.41, 5.74) is 2.19. The average Bonchev–Trinajstić information content (AvgIpc) is 3.15. The first kappa shape index (κ1) is 15.8. The number of oxazole rings is 1. The van der Waals surface area contributed by atoms with Crippen molar-refractivity contribution in [1.29, 1.82) is 0 Å². The molecule has 0 unspecified atom stereocenters. The van der Waals surface area contributed by atoms with E-state index in [-0.39, 0.29) is 17.0 Å². The Balaban J connectivity index is 2.03. The number of benzene rings is 2. The number of aromatic hydroxyl groups is 1. The maximum atomic E-state index is 12.0. The third-order valence-corrected chi connectivity index (χ3v) is 3.96. The van der Waals surface area contributed by atoms with Crippen LogP contribution in [0.3, 0.4) is 0 Å². The van der Waals surface area contributed by atoms with Crippen LogP contribution in [0, 0.1) is 0 Å². The number of ether oxygens (including phenoxy) is 1. The number of hydrogen-bond donors (Lipinski definition) is 1. The molecule has 0 bridgehead atoms. The van der Waals surface area contributed by atoms with Crippen LogP contribution in [0.1, 0.15) is 10.5 Å². The molecule has 0 amide bonds. The summed E-state index contributed by atoms with van der Waals surface area (Å²) in [6, 6.07) is 18.6. The monoisotopic (exact) mass is 346 g/mol. The molecular weight excluding hydrogens is 332 g/mol. The fourth-order valence-corrected chi connectivity index (χ4v) is 2.71. The number of esters is 1. The van der Waals surface area contributed by atoms with Crippen molar-refractivity contribution < 1.29 is 19.1 Å². The molecule has 0 aliphatic carbocycles. The fourth-order valence-electron chi connectivity index (χ4n) is 2.71. The Morgan fingerprint density at radius 1 is 0.962 bits per heavy atom. The number of aromatic nitrogens is 2. The van der Waals surface area contributed by atoms with Gasteiger partial charge in [0.05, 0.1) is 7.11 Å². The number of carbonyl (C=O) groups excluding carboxylic acids is 1. The number of carbonyl (C=O) groups is 1. The highest BCUT2D eigenvalue weighted by Crippen LogP contribution is 2.37. The topological polar surface area (TPSA) is 85.5 Å². The van der Waals surface area contributed by atoms with E-state index in [0.29, 0.717) is 17.1 Å². The molecule has 128 valence electrons. The molecule has 4 rings (SSSR count). The predicted octanol–water partition coefficient (Wildman–Crippen LogP) is 4.05. The van der Waals surface area contributed by atoms with Gasteiger partial charge in [0.15, 0.2) is 11.4 Å². The van der Waals surface area contributed by atoms with Crippen LogP contribution in [0.2, 0.25) is 0 Å². The Morgan fingerprint density at radius 3 is 2.19 bits per heavy atom. The van der Waals surface area contributed by atoms with Crippen LogP contribution < -0.4 is 0 Å². The van der Waals surface area contributed by atoms with Crippen molar-refractivity contribution in [3.05, 3.63) is 66.4 Å². The van der Waals surface area contributed by atoms with E-state index >= 15 is 0 Å². The van der Waals surface area contributed by atoms with Crippen LogP contribution in [-0.4, -0.2) is 28.2 Å². The van der Waals surface area contributed by atoms with Gasteiger partial charge < -0.3 is 14.3 Å². The summed E-state index contributed by atoms with van der Waals surface area (Å²) < 4.78 is 10.5. The zero-order valence-corrected chi connectivity index (χ0v) is 13.8. The van der Waals surface area contributed by atoms with Gasteiger partial charge in [-0.15, -0.1) is 0 Å². The Bertz CT molecular complexity index is 1090. The summed E-state index contributed by atoms with van der Waals surface area (Å²) in [6.07, 6.45) is 0. The molecule has 0 fully saturated rings. The Morgan fingerprint density at radius 2 is 1.58 bits per heavy atom. The Hall–Kier alpha value is -3.67. The lowest BCUT2D eigenvalue weighted by Gasteiger charge is -2.06. The SMILES string of the molecule is COC(=O)c1nc(-c2ccccc2)c2nc(-c3ccccc3)oc2c1O. The zero-order chi connectivity index (χ0) is 18.1. The molecule has 6 heteroatoms. The van der Waals surface area contributed by atoms with Crippen LogP contribution in [0.15, 0.2) is 65.1 Å². The van der Waals surface area contributed by atoms with E-state index < -0.39 is 5.97 Å². The summed E-state index contributed by atoms with van der Waals surface area (Å²) >= 11 is 0. The minimum atomic E-state index is -0.751. The number of pyridine rings is 1. The van der Waals surface area contributed by atoms with Crippen molar-refractivity contribution in [1.82, 2.24) is 9.97 Å². The summed E-state index contributed by atoms with van der Waals surface area (Å²) in [6.45, 7) is 0. The van der Waals surface area contributed by atoms with Gasteiger partial charge in [-0.3, -0.25) is 0 Å². The molecule has 2 heterocycles. The number of nitrogens with zero attached hydrogens (tertiary/aromatic N) is 2. The molecule has 4 aromatic rings. The van der Waals surface area contributed by atoms with Gasteiger partial charge in [-0.2, -0.15) is 0 Å². The standard InChI is InChI=1S/C20H14N2O4/c1-25-20(24)16-17(23)18-15(14(21-16)12-8-4-2-5-9-12)22-19(26-18)13-10-6-3-7-11-13/h2-11,23H,1H3. The second-order valence-electron chi connectivity index (χ2n) is 5.58. The van der Waals surface area contributed by atoms with E-state index in [1.54, 1.807) is 0 Å². The van der Waals surface area contributed by atoms with E-state index in [9.17, 15) is 9.90 Å². The first-order valence-corrected chi connectivity index (χ1v) is 7.91. The molecule has 0 aliphatic heterocycles. The lowest BCUT2D eigenvalue weighted by Crippen LogP contribution is -2.06. The molecule has 0 saturated carbocycles. The van der Waals surface area contributed by atoms with Crippen LogP contribution in [0.25, 0.3) is 33.8 Å². The molecule has 0 atom stereocenters. The van der Waals surface area contributed by atoms with Gasteiger partial charge in [0, 0.05) is 11.1 Å². The molecule has 1 N–H and O–H groups in total. The van der Waals surface area contributed by atoms with Crippen molar-refractivity contribution in [2.75, 3.05) is 7.11 Å². The molecule has 26 heavy (non-hydrogen) atoms. The van der Waals surface area contributed by atoms with Gasteiger partial charge >= 0.3 is 5.97 Å². The number of methoxy groups -OCH3 is 1. The molecule has 0 radical (unpaired) electrons. The predicted molar refractivity (Wildman–Crippen MR) is 95.7 cm³/mol. The summed E-state index contributed by atoms with van der Waals surface area (Å²) in [5.74, 6) is -0.808. The fraction of sp³-hybridized carbons (Fsp3) is 0.0500. The zero-order valence-electron chi connectivity index (χ0n) is 13.8. The second kappa shape index (κ2) is 6.33. The smallest absolute Gasteiger partial charge is 0.360 e. The maximum absolute atomic E-state index is 12.0. The van der Waals surface area contributed by atoms with Crippen molar-refractivity contribution in [3.63, 3.8) is 0 Å². The molecule has 6 nitrogen and oxygen atoms in total. The molecule has 2 aromatic heterocycles. The lowest BCUT2D eigenvalue weighted by atomic mass is 10.1. The van der Waals surface area contributed by atoms with E-state index in [1.165, 1.54) is 7.11 Å². The molecule has 2 aromatic carbocycles. The van der Waals surface area contributed by atoms with Gasteiger partial charge in [0.2, 0.25) is 11.5 Å². The van der Waals surface area contributed by atoms with E-state index in [1.807, 2.05) is 60.7 Å². The van der Waals surface area contributed by atoms with Gasteiger partial charge in [0.1, 0.15) is 11.2 Å². The van der Waals surface area contributed by atoms with Gasteiger partial charge in [-0.1, -0.05) is 48.5 Å². The van der Waals surface area contributed by atoms with E-state index in [4.69, 9.17) is 9.15 Å². The largest absolute Gasteiger partial charge is 0.503 e. The molecule has 0 saturated heterocycles. The molecule has 0 spiro atoms.